The third kappa shape index (κ3) is 1.23. The van der Waals surface area contributed by atoms with Crippen LogP contribution in [-0.2, 0) is 4.79 Å². The van der Waals surface area contributed by atoms with Gasteiger partial charge in [0.05, 0.1) is 5.69 Å². The minimum atomic E-state index is 0.114. The highest BCUT2D eigenvalue weighted by atomic mass is 32.1. The summed E-state index contributed by atoms with van der Waals surface area (Å²) in [7, 11) is 0. The molecule has 2 heterocycles. The van der Waals surface area contributed by atoms with E-state index < -0.39 is 0 Å². The quantitative estimate of drug-likeness (QED) is 0.650. The van der Waals surface area contributed by atoms with Crippen molar-refractivity contribution in [3.8, 4) is 0 Å². The van der Waals surface area contributed by atoms with Crippen molar-refractivity contribution in [2.24, 2.45) is 0 Å². The number of hydrogen-bond acceptors (Lipinski definition) is 4. The van der Waals surface area contributed by atoms with E-state index in [9.17, 15) is 4.79 Å². The highest BCUT2D eigenvalue weighted by molar-refractivity contribution is 7.03. The summed E-state index contributed by atoms with van der Waals surface area (Å²) in [5.74, 6) is 0.365. The number of hydrogen-bond donors (Lipinski definition) is 1. The lowest BCUT2D eigenvalue weighted by atomic mass is 10.1. The smallest absolute Gasteiger partial charge is 0.220 e. The fourth-order valence-electron chi connectivity index (χ4n) is 1.16. The summed E-state index contributed by atoms with van der Waals surface area (Å²) in [5, 5.41) is 8.56. The molecule has 1 saturated heterocycles. The average Bonchev–Trinajstić information content (AvgIpc) is 2.55. The fourth-order valence-corrected chi connectivity index (χ4v) is 1.70. The van der Waals surface area contributed by atoms with Gasteiger partial charge >= 0.3 is 0 Å². The number of rotatable bonds is 1. The van der Waals surface area contributed by atoms with Crippen LogP contribution in [0.3, 0.4) is 0 Å². The highest BCUT2D eigenvalue weighted by Gasteiger charge is 2.24. The van der Waals surface area contributed by atoms with E-state index in [-0.39, 0.29) is 11.8 Å². The van der Waals surface area contributed by atoms with Crippen LogP contribution >= 0.6 is 11.5 Å². The summed E-state index contributed by atoms with van der Waals surface area (Å²) in [4.78, 5) is 10.8. The second kappa shape index (κ2) is 2.58. The number of nitrogens with zero attached hydrogens (tertiary/aromatic N) is 2. The number of carbonyl (C=O) groups excluding carboxylic acids is 1. The predicted octanol–water partition coefficient (Wildman–Crippen LogP) is 0.142. The second-order valence-corrected chi connectivity index (χ2v) is 3.14. The summed E-state index contributed by atoms with van der Waals surface area (Å²) >= 11 is 1.33. The monoisotopic (exact) mass is 169 g/mol. The standard InChI is InChI=1S/C6H7N3OS/c10-6-1-4(2-7-6)5-3-11-9-8-5/h3-4H,1-2H2,(H,7,10). The van der Waals surface area contributed by atoms with Gasteiger partial charge in [0.25, 0.3) is 0 Å². The van der Waals surface area contributed by atoms with Gasteiger partial charge in [-0.1, -0.05) is 4.49 Å². The van der Waals surface area contributed by atoms with Crippen molar-refractivity contribution in [2.45, 2.75) is 12.3 Å². The molecule has 11 heavy (non-hydrogen) atoms. The maximum Gasteiger partial charge on any atom is 0.220 e. The minimum absolute atomic E-state index is 0.114. The molecule has 58 valence electrons. The maximum absolute atomic E-state index is 10.8. The third-order valence-electron chi connectivity index (χ3n) is 1.77. The molecule has 1 N–H and O–H groups in total. The Morgan fingerprint density at radius 2 is 2.64 bits per heavy atom. The first-order chi connectivity index (χ1) is 5.36. The van der Waals surface area contributed by atoms with Gasteiger partial charge in [0, 0.05) is 24.3 Å². The SMILES string of the molecule is O=C1CC(c2csnn2)CN1. The van der Waals surface area contributed by atoms with Crippen LogP contribution in [0, 0.1) is 0 Å². The normalized spacial score (nSPS) is 23.6. The Morgan fingerprint density at radius 1 is 1.73 bits per heavy atom. The van der Waals surface area contributed by atoms with E-state index in [1.807, 2.05) is 5.38 Å². The molecule has 1 amide bonds. The summed E-state index contributed by atoms with van der Waals surface area (Å²) < 4.78 is 3.74. The number of carbonyl (C=O) groups is 1. The molecule has 0 saturated carbocycles. The molecule has 1 aromatic rings. The Morgan fingerprint density at radius 3 is 3.18 bits per heavy atom. The second-order valence-electron chi connectivity index (χ2n) is 2.53. The molecule has 0 spiro atoms. The van der Waals surface area contributed by atoms with Gasteiger partial charge in [-0.3, -0.25) is 4.79 Å². The van der Waals surface area contributed by atoms with Crippen molar-refractivity contribution in [1.82, 2.24) is 14.9 Å². The minimum Gasteiger partial charge on any atom is -0.355 e. The third-order valence-corrected chi connectivity index (χ3v) is 2.30. The van der Waals surface area contributed by atoms with Gasteiger partial charge in [-0.05, 0) is 11.5 Å². The first kappa shape index (κ1) is 6.72. The van der Waals surface area contributed by atoms with Gasteiger partial charge < -0.3 is 5.32 Å². The molecule has 0 radical (unpaired) electrons. The summed E-state index contributed by atoms with van der Waals surface area (Å²) in [6.45, 7) is 0.713. The van der Waals surface area contributed by atoms with Crippen molar-refractivity contribution in [3.63, 3.8) is 0 Å². The summed E-state index contributed by atoms with van der Waals surface area (Å²) in [6, 6.07) is 0. The van der Waals surface area contributed by atoms with Crippen LogP contribution in [0.1, 0.15) is 18.0 Å². The maximum atomic E-state index is 10.8. The Kier molecular flexibility index (Phi) is 1.58. The molecule has 5 heteroatoms. The van der Waals surface area contributed by atoms with E-state index in [0.29, 0.717) is 13.0 Å². The average molecular weight is 169 g/mol. The molecule has 2 rings (SSSR count). The van der Waals surface area contributed by atoms with Crippen LogP contribution in [0.5, 0.6) is 0 Å². The van der Waals surface area contributed by atoms with Crippen molar-refractivity contribution in [2.75, 3.05) is 6.54 Å². The van der Waals surface area contributed by atoms with Crippen molar-refractivity contribution in [1.29, 1.82) is 0 Å². The molecule has 1 aromatic heterocycles. The van der Waals surface area contributed by atoms with Crippen LogP contribution in [0.2, 0.25) is 0 Å². The van der Waals surface area contributed by atoms with Gasteiger partial charge in [-0.25, -0.2) is 0 Å². The molecule has 0 aromatic carbocycles. The Balaban J connectivity index is 2.13. The first-order valence-electron chi connectivity index (χ1n) is 3.40. The van der Waals surface area contributed by atoms with Crippen LogP contribution in [0.25, 0.3) is 0 Å². The molecule has 1 fully saturated rings. The molecular weight excluding hydrogens is 162 g/mol. The van der Waals surface area contributed by atoms with E-state index in [0.717, 1.165) is 5.69 Å². The molecule has 4 nitrogen and oxygen atoms in total. The molecular formula is C6H7N3OS. The zero-order chi connectivity index (χ0) is 7.68. The van der Waals surface area contributed by atoms with E-state index in [4.69, 9.17) is 0 Å². The molecule has 0 aliphatic carbocycles. The van der Waals surface area contributed by atoms with Gasteiger partial charge in [-0.15, -0.1) is 5.10 Å². The largest absolute Gasteiger partial charge is 0.355 e. The fraction of sp³-hybridized carbons (Fsp3) is 0.500. The summed E-state index contributed by atoms with van der Waals surface area (Å²) in [5.41, 5.74) is 0.938. The van der Waals surface area contributed by atoms with Crippen molar-refractivity contribution < 1.29 is 4.79 Å². The van der Waals surface area contributed by atoms with Gasteiger partial charge in [0.1, 0.15) is 0 Å². The molecule has 1 aliphatic heterocycles. The van der Waals surface area contributed by atoms with E-state index >= 15 is 0 Å². The van der Waals surface area contributed by atoms with Crippen molar-refractivity contribution >= 4 is 17.4 Å². The molecule has 1 unspecified atom stereocenters. The van der Waals surface area contributed by atoms with Gasteiger partial charge in [0.2, 0.25) is 5.91 Å². The summed E-state index contributed by atoms with van der Waals surface area (Å²) in [6.07, 6.45) is 0.561. The highest BCUT2D eigenvalue weighted by Crippen LogP contribution is 2.20. The van der Waals surface area contributed by atoms with E-state index in [1.54, 1.807) is 0 Å². The van der Waals surface area contributed by atoms with Crippen LogP contribution < -0.4 is 5.32 Å². The Hall–Kier alpha value is -0.970. The zero-order valence-corrected chi connectivity index (χ0v) is 6.60. The molecule has 1 aliphatic rings. The van der Waals surface area contributed by atoms with Crippen LogP contribution in [0.4, 0.5) is 0 Å². The van der Waals surface area contributed by atoms with Gasteiger partial charge in [0.15, 0.2) is 0 Å². The van der Waals surface area contributed by atoms with Crippen molar-refractivity contribution in [3.05, 3.63) is 11.1 Å². The number of amides is 1. The lowest BCUT2D eigenvalue weighted by Gasteiger charge is -1.98. The lowest BCUT2D eigenvalue weighted by molar-refractivity contribution is -0.119. The number of aromatic nitrogens is 2. The molecule has 0 bridgehead atoms. The Bertz CT molecular complexity index is 259. The van der Waals surface area contributed by atoms with E-state index in [1.165, 1.54) is 11.5 Å². The van der Waals surface area contributed by atoms with E-state index in [2.05, 4.69) is 14.9 Å². The topological polar surface area (TPSA) is 54.9 Å². The molecule has 1 atom stereocenters. The van der Waals surface area contributed by atoms with Gasteiger partial charge in [-0.2, -0.15) is 0 Å². The zero-order valence-electron chi connectivity index (χ0n) is 5.78. The first-order valence-corrected chi connectivity index (χ1v) is 4.23. The number of nitrogens with one attached hydrogen (secondary N) is 1. The van der Waals surface area contributed by atoms with Crippen LogP contribution in [0.15, 0.2) is 5.38 Å². The lowest BCUT2D eigenvalue weighted by Crippen LogP contribution is -2.13. The van der Waals surface area contributed by atoms with Crippen LogP contribution in [-0.4, -0.2) is 22.0 Å². The Labute approximate surface area is 67.8 Å². The predicted molar refractivity (Wildman–Crippen MR) is 40.3 cm³/mol.